The number of hydrogen-bond donors (Lipinski definition) is 4. The summed E-state index contributed by atoms with van der Waals surface area (Å²) in [6.07, 6.45) is 7.14. The van der Waals surface area contributed by atoms with Gasteiger partial charge in [-0.25, -0.2) is 0 Å². The normalized spacial score (nSPS) is 28.2. The maximum absolute atomic E-state index is 11.7. The van der Waals surface area contributed by atoms with Crippen molar-refractivity contribution in [2.75, 3.05) is 0 Å². The molecule has 1 fully saturated rings. The van der Waals surface area contributed by atoms with Crippen molar-refractivity contribution in [3.63, 3.8) is 0 Å². The summed E-state index contributed by atoms with van der Waals surface area (Å²) in [7, 11) is 0. The van der Waals surface area contributed by atoms with Crippen LogP contribution in [0, 0.1) is 29.1 Å². The Bertz CT molecular complexity index is 951. The number of carbonyl (C=O) groups is 2. The summed E-state index contributed by atoms with van der Waals surface area (Å²) in [5.41, 5.74) is -0.724. The van der Waals surface area contributed by atoms with Crippen molar-refractivity contribution in [1.29, 1.82) is 0 Å². The topological polar surface area (TPSA) is 115 Å². The number of fused-ring (bicyclic) bond motifs is 1. The second kappa shape index (κ2) is 9.37. The molecule has 2 aliphatic rings. The fraction of sp³-hybridized carbons (Fsp3) is 0.643. The molecule has 1 aromatic rings. The molecular weight excluding hydrogens is 432 g/mol. The molecule has 2 aliphatic carbocycles. The van der Waals surface area contributed by atoms with Gasteiger partial charge in [-0.05, 0) is 69.1 Å². The van der Waals surface area contributed by atoms with Crippen LogP contribution in [0.15, 0.2) is 11.6 Å². The van der Waals surface area contributed by atoms with E-state index in [4.69, 9.17) is 0 Å². The number of phenolic OH excluding ortho intramolecular Hbond substituents is 3. The minimum atomic E-state index is -0.878. The van der Waals surface area contributed by atoms with Crippen molar-refractivity contribution >= 4 is 12.6 Å². The number of phenols is 3. The van der Waals surface area contributed by atoms with E-state index < -0.39 is 34.2 Å². The molecule has 1 saturated carbocycles. The van der Waals surface area contributed by atoms with Gasteiger partial charge in [-0.1, -0.05) is 39.3 Å². The van der Waals surface area contributed by atoms with Crippen molar-refractivity contribution in [2.24, 2.45) is 29.1 Å². The van der Waals surface area contributed by atoms with Crippen molar-refractivity contribution in [1.82, 2.24) is 0 Å². The smallest absolute Gasteiger partial charge is 0.157 e. The van der Waals surface area contributed by atoms with Gasteiger partial charge in [-0.15, -0.1) is 0 Å². The molecule has 0 bridgehead atoms. The molecule has 0 amide bonds. The Morgan fingerprint density at radius 3 is 2.06 bits per heavy atom. The molecular formula is C28H40O6. The molecule has 3 rings (SSSR count). The molecule has 0 aromatic heterocycles. The lowest BCUT2D eigenvalue weighted by atomic mass is 9.64. The van der Waals surface area contributed by atoms with Crippen LogP contribution >= 0.6 is 0 Å². The van der Waals surface area contributed by atoms with Gasteiger partial charge in [-0.2, -0.15) is 0 Å². The van der Waals surface area contributed by atoms with E-state index in [1.54, 1.807) is 0 Å². The maximum atomic E-state index is 11.7. The lowest BCUT2D eigenvalue weighted by Gasteiger charge is -2.40. The van der Waals surface area contributed by atoms with Crippen LogP contribution in [0.1, 0.15) is 106 Å². The van der Waals surface area contributed by atoms with Crippen LogP contribution < -0.4 is 0 Å². The van der Waals surface area contributed by atoms with Gasteiger partial charge >= 0.3 is 0 Å². The molecule has 4 N–H and O–H groups in total. The third-order valence-corrected chi connectivity index (χ3v) is 8.53. The number of aromatic hydroxyl groups is 3. The van der Waals surface area contributed by atoms with Crippen LogP contribution in [0.25, 0.3) is 0 Å². The van der Waals surface area contributed by atoms with Crippen LogP contribution in [0.4, 0.5) is 0 Å². The summed E-state index contributed by atoms with van der Waals surface area (Å²) in [6, 6.07) is 0. The zero-order valence-corrected chi connectivity index (χ0v) is 21.3. The molecule has 0 saturated heterocycles. The fourth-order valence-corrected chi connectivity index (χ4v) is 6.45. The van der Waals surface area contributed by atoms with Gasteiger partial charge in [0.15, 0.2) is 12.6 Å². The van der Waals surface area contributed by atoms with Crippen LogP contribution in [0.5, 0.6) is 17.2 Å². The van der Waals surface area contributed by atoms with Gasteiger partial charge in [0.1, 0.15) is 17.2 Å². The zero-order chi connectivity index (χ0) is 25.6. The highest BCUT2D eigenvalue weighted by Gasteiger charge is 2.50. The van der Waals surface area contributed by atoms with Crippen molar-refractivity contribution in [2.45, 2.75) is 85.2 Å². The number of benzene rings is 1. The van der Waals surface area contributed by atoms with Gasteiger partial charge in [0.2, 0.25) is 0 Å². The maximum Gasteiger partial charge on any atom is 0.157 e. The highest BCUT2D eigenvalue weighted by Crippen LogP contribution is 2.62. The van der Waals surface area contributed by atoms with Gasteiger partial charge in [0.05, 0.1) is 16.7 Å². The predicted molar refractivity (Wildman–Crippen MR) is 132 cm³/mol. The van der Waals surface area contributed by atoms with E-state index in [2.05, 4.69) is 33.8 Å². The Balaban J connectivity index is 2.30. The second-order valence-corrected chi connectivity index (χ2v) is 11.7. The zero-order valence-electron chi connectivity index (χ0n) is 21.3. The first-order valence-corrected chi connectivity index (χ1v) is 12.4. The van der Waals surface area contributed by atoms with Gasteiger partial charge in [-0.3, -0.25) is 9.59 Å². The summed E-state index contributed by atoms with van der Waals surface area (Å²) < 4.78 is 0. The van der Waals surface area contributed by atoms with E-state index >= 15 is 0 Å². The summed E-state index contributed by atoms with van der Waals surface area (Å²) in [5.74, 6) is -1.10. The molecule has 0 radical (unpaired) electrons. The Hall–Kier alpha value is -2.34. The Morgan fingerprint density at radius 1 is 1.03 bits per heavy atom. The molecule has 6 heteroatoms. The average molecular weight is 473 g/mol. The number of hydrogen-bond acceptors (Lipinski definition) is 6. The van der Waals surface area contributed by atoms with Crippen LogP contribution in [-0.4, -0.2) is 38.6 Å². The van der Waals surface area contributed by atoms with Gasteiger partial charge in [0, 0.05) is 17.4 Å². The second-order valence-electron chi connectivity index (χ2n) is 11.7. The molecule has 34 heavy (non-hydrogen) atoms. The summed E-state index contributed by atoms with van der Waals surface area (Å²) in [5, 5.41) is 43.4. The molecule has 5 atom stereocenters. The number of aldehydes is 2. The molecule has 188 valence electrons. The van der Waals surface area contributed by atoms with E-state index in [9.17, 15) is 30.0 Å². The van der Waals surface area contributed by atoms with Crippen LogP contribution in [0.3, 0.4) is 0 Å². The molecule has 0 heterocycles. The summed E-state index contributed by atoms with van der Waals surface area (Å²) >= 11 is 0. The lowest BCUT2D eigenvalue weighted by molar-refractivity contribution is 0.0318. The SMILES string of the molecule is CC(C)C[C@H](c1c(O)c(C=O)c(O)c(C=O)c1O)[C@@]1(C)CC[C@H]2C1=C[C@@H](C(C)(C)O)CC[C@@H]2C. The van der Waals surface area contributed by atoms with E-state index in [0.717, 1.165) is 25.7 Å². The minimum absolute atomic E-state index is 0.0230. The largest absolute Gasteiger partial charge is 0.507 e. The monoisotopic (exact) mass is 472 g/mol. The average Bonchev–Trinajstić information content (AvgIpc) is 2.95. The van der Waals surface area contributed by atoms with Crippen LogP contribution in [-0.2, 0) is 0 Å². The quantitative estimate of drug-likeness (QED) is 0.298. The van der Waals surface area contributed by atoms with Crippen molar-refractivity contribution in [3.05, 3.63) is 28.3 Å². The first kappa shape index (κ1) is 26.3. The van der Waals surface area contributed by atoms with E-state index in [-0.39, 0.29) is 28.5 Å². The van der Waals surface area contributed by atoms with Crippen molar-refractivity contribution < 1.29 is 30.0 Å². The minimum Gasteiger partial charge on any atom is -0.507 e. The van der Waals surface area contributed by atoms with Gasteiger partial charge < -0.3 is 20.4 Å². The number of rotatable bonds is 7. The number of allylic oxidation sites excluding steroid dienone is 1. The Morgan fingerprint density at radius 2 is 1.59 bits per heavy atom. The number of aliphatic hydroxyl groups is 1. The first-order valence-electron chi connectivity index (χ1n) is 12.4. The fourth-order valence-electron chi connectivity index (χ4n) is 6.45. The van der Waals surface area contributed by atoms with E-state index in [1.807, 2.05) is 13.8 Å². The lowest BCUT2D eigenvalue weighted by Crippen LogP contribution is -2.31. The predicted octanol–water partition coefficient (Wildman–Crippen LogP) is 5.72. The highest BCUT2D eigenvalue weighted by molar-refractivity contribution is 5.95. The van der Waals surface area contributed by atoms with Gasteiger partial charge in [0.25, 0.3) is 0 Å². The highest BCUT2D eigenvalue weighted by atomic mass is 16.3. The van der Waals surface area contributed by atoms with E-state index in [1.165, 1.54) is 5.57 Å². The summed E-state index contributed by atoms with van der Waals surface area (Å²) in [4.78, 5) is 23.5. The standard InChI is InChI=1S/C28H40O6/c1-15(2)11-22(23-25(32)19(13-29)24(31)20(14-30)26(23)33)28(6)10-9-18-16(3)7-8-17(12-21(18)28)27(4,5)34/h12-18,22,31-34H,7-11H2,1-6H3/t16-,17-,18+,22+,28-/m0/s1. The Labute approximate surface area is 202 Å². The third kappa shape index (κ3) is 4.37. The third-order valence-electron chi connectivity index (χ3n) is 8.53. The van der Waals surface area contributed by atoms with Crippen molar-refractivity contribution in [3.8, 4) is 17.2 Å². The summed E-state index contributed by atoms with van der Waals surface area (Å²) in [6.45, 7) is 12.2. The molecule has 1 aromatic carbocycles. The molecule has 0 unspecified atom stereocenters. The van der Waals surface area contributed by atoms with E-state index in [0.29, 0.717) is 30.8 Å². The molecule has 0 aliphatic heterocycles. The molecule has 6 nitrogen and oxygen atoms in total. The van der Waals surface area contributed by atoms with Crippen LogP contribution in [0.2, 0.25) is 0 Å². The molecule has 0 spiro atoms. The number of carbonyl (C=O) groups excluding carboxylic acids is 2. The Kier molecular flexibility index (Phi) is 7.24. The first-order chi connectivity index (χ1) is 15.8.